The molecule has 5 heteroatoms. The van der Waals surface area contributed by atoms with E-state index in [9.17, 15) is 9.59 Å². The van der Waals surface area contributed by atoms with Gasteiger partial charge in [0, 0.05) is 29.7 Å². The smallest absolute Gasteiger partial charge is 0.225 e. The van der Waals surface area contributed by atoms with E-state index in [4.69, 9.17) is 9.15 Å². The number of carbonyl (C=O) groups is 1. The van der Waals surface area contributed by atoms with Crippen molar-refractivity contribution in [2.24, 2.45) is 0 Å². The minimum atomic E-state index is -0.143. The number of fused-ring (bicyclic) bond motifs is 1. The van der Waals surface area contributed by atoms with Gasteiger partial charge in [0.05, 0.1) is 12.5 Å². The minimum Gasteiger partial charge on any atom is -0.497 e. The Balaban J connectivity index is 1.33. The molecule has 1 heterocycles. The second-order valence-electron chi connectivity index (χ2n) is 8.54. The Bertz CT molecular complexity index is 1500. The normalized spacial score (nSPS) is 10.9. The molecule has 0 aliphatic heterocycles. The van der Waals surface area contributed by atoms with Crippen molar-refractivity contribution in [1.82, 2.24) is 0 Å². The Kier molecular flexibility index (Phi) is 6.63. The summed E-state index contributed by atoms with van der Waals surface area (Å²) in [5, 5.41) is 3.47. The number of amides is 1. The number of ether oxygens (including phenoxy) is 1. The van der Waals surface area contributed by atoms with Gasteiger partial charge in [-0.2, -0.15) is 0 Å². The van der Waals surface area contributed by atoms with Crippen molar-refractivity contribution in [3.05, 3.63) is 131 Å². The molecule has 5 nitrogen and oxygen atoms in total. The highest BCUT2D eigenvalue weighted by atomic mass is 16.5. The molecule has 0 atom stereocenters. The van der Waals surface area contributed by atoms with Gasteiger partial charge in [0.15, 0.2) is 5.43 Å². The molecule has 0 aliphatic rings. The van der Waals surface area contributed by atoms with Gasteiger partial charge in [-0.05, 0) is 53.6 Å². The average Bonchev–Trinajstić information content (AvgIpc) is 2.93. The molecule has 0 fully saturated rings. The summed E-state index contributed by atoms with van der Waals surface area (Å²) in [6, 6.07) is 34.0. The van der Waals surface area contributed by atoms with Gasteiger partial charge in [0.25, 0.3) is 0 Å². The van der Waals surface area contributed by atoms with Crippen LogP contribution in [0.4, 0.5) is 5.69 Å². The number of benzene rings is 4. The van der Waals surface area contributed by atoms with Gasteiger partial charge in [-0.15, -0.1) is 0 Å². The maximum atomic E-state index is 13.0. The van der Waals surface area contributed by atoms with E-state index in [1.165, 1.54) is 6.07 Å². The Morgan fingerprint density at radius 2 is 1.47 bits per heavy atom. The maximum absolute atomic E-state index is 13.0. The highest BCUT2D eigenvalue weighted by Crippen LogP contribution is 2.29. The highest BCUT2D eigenvalue weighted by Gasteiger charge is 2.18. The molecule has 1 aromatic heterocycles. The quantitative estimate of drug-likeness (QED) is 0.287. The molecular formula is C31H25NO4. The van der Waals surface area contributed by atoms with Crippen molar-refractivity contribution in [1.29, 1.82) is 0 Å². The summed E-state index contributed by atoms with van der Waals surface area (Å²) in [7, 11) is 1.56. The number of carbonyl (C=O) groups excluding carboxylic acids is 1. The van der Waals surface area contributed by atoms with Crippen LogP contribution in [0.15, 0.2) is 118 Å². The fourth-order valence-corrected chi connectivity index (χ4v) is 4.32. The number of rotatable bonds is 7. The van der Waals surface area contributed by atoms with Crippen LogP contribution in [0.1, 0.15) is 23.5 Å². The van der Waals surface area contributed by atoms with E-state index in [0.29, 0.717) is 34.6 Å². The Labute approximate surface area is 209 Å². The van der Waals surface area contributed by atoms with Crippen molar-refractivity contribution in [2.75, 3.05) is 12.4 Å². The van der Waals surface area contributed by atoms with E-state index in [1.54, 1.807) is 25.3 Å². The summed E-state index contributed by atoms with van der Waals surface area (Å²) >= 11 is 0. The third kappa shape index (κ3) is 5.05. The molecule has 178 valence electrons. The van der Waals surface area contributed by atoms with Gasteiger partial charge < -0.3 is 14.5 Å². The topological polar surface area (TPSA) is 68.5 Å². The SMILES string of the molecule is COc1ccc2oc(-c3ccc(NC(=O)CC(c4ccccc4)c4ccccc4)cc3)cc(=O)c2c1. The number of hydrogen-bond acceptors (Lipinski definition) is 4. The number of hydrogen-bond donors (Lipinski definition) is 1. The molecule has 0 bridgehead atoms. The van der Waals surface area contributed by atoms with Crippen LogP contribution in [0.2, 0.25) is 0 Å². The van der Waals surface area contributed by atoms with E-state index < -0.39 is 0 Å². The average molecular weight is 476 g/mol. The van der Waals surface area contributed by atoms with Crippen LogP contribution in [0.25, 0.3) is 22.3 Å². The van der Waals surface area contributed by atoms with E-state index >= 15 is 0 Å². The summed E-state index contributed by atoms with van der Waals surface area (Å²) in [6.07, 6.45) is 0.318. The van der Waals surface area contributed by atoms with Crippen molar-refractivity contribution in [2.45, 2.75) is 12.3 Å². The molecule has 0 aliphatic carbocycles. The molecule has 0 radical (unpaired) electrons. The van der Waals surface area contributed by atoms with Gasteiger partial charge in [0.2, 0.25) is 5.91 Å². The molecular weight excluding hydrogens is 450 g/mol. The van der Waals surface area contributed by atoms with Crippen LogP contribution in [0.5, 0.6) is 5.75 Å². The lowest BCUT2D eigenvalue weighted by atomic mass is 9.88. The first-order valence-electron chi connectivity index (χ1n) is 11.7. The summed E-state index contributed by atoms with van der Waals surface area (Å²) in [4.78, 5) is 25.6. The van der Waals surface area contributed by atoms with Crippen molar-refractivity contribution in [3.63, 3.8) is 0 Å². The molecule has 5 aromatic rings. The van der Waals surface area contributed by atoms with Gasteiger partial charge in [-0.25, -0.2) is 0 Å². The van der Waals surface area contributed by atoms with Crippen LogP contribution in [-0.2, 0) is 4.79 Å². The molecule has 0 saturated heterocycles. The largest absolute Gasteiger partial charge is 0.497 e. The fourth-order valence-electron chi connectivity index (χ4n) is 4.32. The van der Waals surface area contributed by atoms with Gasteiger partial charge in [-0.3, -0.25) is 9.59 Å². The molecule has 5 rings (SSSR count). The molecule has 4 aromatic carbocycles. The third-order valence-electron chi connectivity index (χ3n) is 6.18. The molecule has 1 amide bonds. The zero-order valence-electron chi connectivity index (χ0n) is 19.8. The molecule has 36 heavy (non-hydrogen) atoms. The zero-order chi connectivity index (χ0) is 24.9. The fraction of sp³-hybridized carbons (Fsp3) is 0.0968. The van der Waals surface area contributed by atoms with E-state index in [1.807, 2.05) is 84.9 Å². The Morgan fingerprint density at radius 3 is 2.08 bits per heavy atom. The number of anilines is 1. The van der Waals surface area contributed by atoms with Crippen LogP contribution < -0.4 is 15.5 Å². The van der Waals surface area contributed by atoms with Gasteiger partial charge in [0.1, 0.15) is 17.1 Å². The molecule has 0 spiro atoms. The molecule has 1 N–H and O–H groups in total. The van der Waals surface area contributed by atoms with E-state index in [0.717, 1.165) is 16.7 Å². The minimum absolute atomic E-state index is 0.0443. The number of nitrogens with one attached hydrogen (secondary N) is 1. The predicted octanol–water partition coefficient (Wildman–Crippen LogP) is 6.63. The van der Waals surface area contributed by atoms with Crippen molar-refractivity contribution >= 4 is 22.6 Å². The van der Waals surface area contributed by atoms with Crippen LogP contribution in [0.3, 0.4) is 0 Å². The van der Waals surface area contributed by atoms with Crippen molar-refractivity contribution < 1.29 is 13.9 Å². The van der Waals surface area contributed by atoms with Gasteiger partial charge in [-0.1, -0.05) is 60.7 Å². The second-order valence-corrected chi connectivity index (χ2v) is 8.54. The predicted molar refractivity (Wildman–Crippen MR) is 142 cm³/mol. The number of methoxy groups -OCH3 is 1. The van der Waals surface area contributed by atoms with E-state index in [-0.39, 0.29) is 17.3 Å². The first-order chi connectivity index (χ1) is 17.6. The van der Waals surface area contributed by atoms with Crippen LogP contribution in [0, 0.1) is 0 Å². The lowest BCUT2D eigenvalue weighted by Gasteiger charge is -2.18. The summed E-state index contributed by atoms with van der Waals surface area (Å²) in [5.74, 6) is 0.942. The summed E-state index contributed by atoms with van der Waals surface area (Å²) in [6.45, 7) is 0. The van der Waals surface area contributed by atoms with Crippen molar-refractivity contribution in [3.8, 4) is 17.1 Å². The Hall–Kier alpha value is -4.64. The highest BCUT2D eigenvalue weighted by molar-refractivity contribution is 5.92. The first kappa shape index (κ1) is 23.1. The van der Waals surface area contributed by atoms with Gasteiger partial charge >= 0.3 is 0 Å². The second kappa shape index (κ2) is 10.3. The molecule has 0 unspecified atom stereocenters. The van der Waals surface area contributed by atoms with Crippen LogP contribution >= 0.6 is 0 Å². The summed E-state index contributed by atoms with van der Waals surface area (Å²) < 4.78 is 11.2. The van der Waals surface area contributed by atoms with Crippen LogP contribution in [-0.4, -0.2) is 13.0 Å². The van der Waals surface area contributed by atoms with E-state index in [2.05, 4.69) is 5.32 Å². The third-order valence-corrected chi connectivity index (χ3v) is 6.18. The monoisotopic (exact) mass is 475 g/mol. The Morgan fingerprint density at radius 1 is 0.833 bits per heavy atom. The first-order valence-corrected chi connectivity index (χ1v) is 11.7. The lowest BCUT2D eigenvalue weighted by molar-refractivity contribution is -0.116. The molecule has 0 saturated carbocycles. The lowest BCUT2D eigenvalue weighted by Crippen LogP contribution is -2.16. The summed E-state index contributed by atoms with van der Waals surface area (Å²) in [5.41, 5.74) is 3.96. The maximum Gasteiger partial charge on any atom is 0.225 e. The standard InChI is InChI=1S/C31H25NO4/c1-35-25-16-17-29-27(18-25)28(33)20-30(36-29)23-12-14-24(15-13-23)32-31(34)19-26(21-8-4-2-5-9-21)22-10-6-3-7-11-22/h2-18,20,26H,19H2,1H3,(H,32,34). The zero-order valence-corrected chi connectivity index (χ0v) is 19.8.